The molecule has 0 radical (unpaired) electrons. The number of carbonyl (C=O) groups is 1. The number of pyridine rings is 1. The van der Waals surface area contributed by atoms with Crippen molar-refractivity contribution in [2.75, 3.05) is 26.7 Å². The molecule has 1 amide bonds. The standard InChI is InChI=1S/C19H31N5O.HI/c1-20-19(23-12-10-17-9-5-6-11-21-17)24-14-13-22-18(25)15-16-7-3-2-4-8-16;/h5-6,9,11,16H,2-4,7-8,10,12-15H2,1H3,(H,22,25)(H2,20,23,24);1H. The van der Waals surface area contributed by atoms with Gasteiger partial charge in [0.1, 0.15) is 0 Å². The molecule has 0 atom stereocenters. The molecule has 7 heteroatoms. The van der Waals surface area contributed by atoms with Gasteiger partial charge < -0.3 is 16.0 Å². The Balaban J connectivity index is 0.00000338. The molecule has 1 aromatic heterocycles. The molecule has 1 fully saturated rings. The molecule has 6 nitrogen and oxygen atoms in total. The maximum atomic E-state index is 12.0. The molecule has 146 valence electrons. The van der Waals surface area contributed by atoms with E-state index in [0.29, 0.717) is 25.4 Å². The summed E-state index contributed by atoms with van der Waals surface area (Å²) < 4.78 is 0. The van der Waals surface area contributed by atoms with Crippen LogP contribution in [-0.2, 0) is 11.2 Å². The molecule has 0 aromatic carbocycles. The van der Waals surface area contributed by atoms with E-state index in [1.54, 1.807) is 13.2 Å². The molecule has 26 heavy (non-hydrogen) atoms. The summed E-state index contributed by atoms with van der Waals surface area (Å²) in [6.07, 6.45) is 9.63. The highest BCUT2D eigenvalue weighted by molar-refractivity contribution is 14.0. The van der Waals surface area contributed by atoms with Crippen molar-refractivity contribution in [3.63, 3.8) is 0 Å². The fourth-order valence-corrected chi connectivity index (χ4v) is 3.18. The normalized spacial score (nSPS) is 15.0. The van der Waals surface area contributed by atoms with Crippen LogP contribution in [0.4, 0.5) is 0 Å². The van der Waals surface area contributed by atoms with Gasteiger partial charge in [0, 0.05) is 51.4 Å². The first-order valence-electron chi connectivity index (χ1n) is 9.39. The van der Waals surface area contributed by atoms with Gasteiger partial charge in [0.05, 0.1) is 0 Å². The van der Waals surface area contributed by atoms with E-state index in [4.69, 9.17) is 0 Å². The Kier molecular flexibility index (Phi) is 12.0. The number of amides is 1. The van der Waals surface area contributed by atoms with Gasteiger partial charge in [0.15, 0.2) is 5.96 Å². The summed E-state index contributed by atoms with van der Waals surface area (Å²) in [6.45, 7) is 2.05. The second-order valence-corrected chi connectivity index (χ2v) is 6.55. The van der Waals surface area contributed by atoms with E-state index in [1.165, 1.54) is 32.1 Å². The zero-order valence-electron chi connectivity index (χ0n) is 15.7. The summed E-state index contributed by atoms with van der Waals surface area (Å²) in [6, 6.07) is 5.92. The largest absolute Gasteiger partial charge is 0.356 e. The van der Waals surface area contributed by atoms with Gasteiger partial charge in [-0.3, -0.25) is 14.8 Å². The highest BCUT2D eigenvalue weighted by Crippen LogP contribution is 2.25. The Morgan fingerprint density at radius 2 is 1.85 bits per heavy atom. The van der Waals surface area contributed by atoms with Crippen molar-refractivity contribution in [1.82, 2.24) is 20.9 Å². The summed E-state index contributed by atoms with van der Waals surface area (Å²) in [7, 11) is 1.75. The lowest BCUT2D eigenvalue weighted by molar-refractivity contribution is -0.122. The van der Waals surface area contributed by atoms with E-state index < -0.39 is 0 Å². The number of aliphatic imine (C=N–C) groups is 1. The summed E-state index contributed by atoms with van der Waals surface area (Å²) in [5.74, 6) is 1.51. The van der Waals surface area contributed by atoms with Crippen molar-refractivity contribution in [1.29, 1.82) is 0 Å². The van der Waals surface area contributed by atoms with Crippen LogP contribution in [0, 0.1) is 5.92 Å². The first kappa shape index (κ1) is 22.7. The SMILES string of the molecule is CN=C(NCCNC(=O)CC1CCCCC1)NCCc1ccccn1.I. The lowest BCUT2D eigenvalue weighted by atomic mass is 9.87. The summed E-state index contributed by atoms with van der Waals surface area (Å²) >= 11 is 0. The molecule has 3 N–H and O–H groups in total. The Labute approximate surface area is 174 Å². The zero-order chi connectivity index (χ0) is 17.7. The van der Waals surface area contributed by atoms with Crippen molar-refractivity contribution in [3.8, 4) is 0 Å². The van der Waals surface area contributed by atoms with E-state index in [9.17, 15) is 4.79 Å². The molecule has 2 rings (SSSR count). The van der Waals surface area contributed by atoms with Crippen LogP contribution < -0.4 is 16.0 Å². The molecule has 1 aromatic rings. The molecule has 1 saturated carbocycles. The minimum atomic E-state index is 0. The van der Waals surface area contributed by atoms with Gasteiger partial charge in [0.25, 0.3) is 0 Å². The number of rotatable bonds is 8. The van der Waals surface area contributed by atoms with E-state index in [0.717, 1.165) is 24.6 Å². The summed E-state index contributed by atoms with van der Waals surface area (Å²) in [5.41, 5.74) is 1.06. The number of aromatic nitrogens is 1. The highest BCUT2D eigenvalue weighted by atomic mass is 127. The van der Waals surface area contributed by atoms with Gasteiger partial charge in [-0.1, -0.05) is 25.3 Å². The van der Waals surface area contributed by atoms with Crippen molar-refractivity contribution in [2.24, 2.45) is 10.9 Å². The third-order valence-corrected chi connectivity index (χ3v) is 4.56. The Bertz CT molecular complexity index is 532. The van der Waals surface area contributed by atoms with Gasteiger partial charge in [-0.15, -0.1) is 24.0 Å². The van der Waals surface area contributed by atoms with Crippen LogP contribution in [0.5, 0.6) is 0 Å². The number of guanidine groups is 1. The molecule has 1 aliphatic rings. The average molecular weight is 473 g/mol. The molecule has 1 heterocycles. The van der Waals surface area contributed by atoms with Gasteiger partial charge in [-0.05, 0) is 30.9 Å². The predicted octanol–water partition coefficient (Wildman–Crippen LogP) is 2.49. The molecule has 0 aliphatic heterocycles. The minimum absolute atomic E-state index is 0. The van der Waals surface area contributed by atoms with Crippen LogP contribution in [0.1, 0.15) is 44.2 Å². The molecular weight excluding hydrogens is 441 g/mol. The van der Waals surface area contributed by atoms with E-state index >= 15 is 0 Å². The highest BCUT2D eigenvalue weighted by Gasteiger charge is 2.16. The van der Waals surface area contributed by atoms with Crippen molar-refractivity contribution >= 4 is 35.8 Å². The smallest absolute Gasteiger partial charge is 0.220 e. The minimum Gasteiger partial charge on any atom is -0.356 e. The Morgan fingerprint density at radius 1 is 1.12 bits per heavy atom. The second kappa shape index (κ2) is 13.8. The maximum absolute atomic E-state index is 12.0. The quantitative estimate of drug-likeness (QED) is 0.235. The first-order valence-corrected chi connectivity index (χ1v) is 9.39. The molecule has 0 saturated heterocycles. The van der Waals surface area contributed by atoms with Crippen molar-refractivity contribution in [3.05, 3.63) is 30.1 Å². The second-order valence-electron chi connectivity index (χ2n) is 6.55. The van der Waals surface area contributed by atoms with E-state index in [-0.39, 0.29) is 29.9 Å². The zero-order valence-corrected chi connectivity index (χ0v) is 18.0. The Hall–Kier alpha value is -1.38. The lowest BCUT2D eigenvalue weighted by Gasteiger charge is -2.20. The molecule has 0 unspecified atom stereocenters. The van der Waals surface area contributed by atoms with Crippen LogP contribution in [0.2, 0.25) is 0 Å². The third kappa shape index (κ3) is 9.35. The first-order chi connectivity index (χ1) is 12.3. The van der Waals surface area contributed by atoms with E-state index in [2.05, 4.69) is 25.9 Å². The number of nitrogens with one attached hydrogen (secondary N) is 3. The van der Waals surface area contributed by atoms with Crippen LogP contribution in [-0.4, -0.2) is 43.5 Å². The lowest BCUT2D eigenvalue weighted by Crippen LogP contribution is -2.42. The summed E-state index contributed by atoms with van der Waals surface area (Å²) in [5, 5.41) is 9.47. The fourth-order valence-electron chi connectivity index (χ4n) is 3.18. The van der Waals surface area contributed by atoms with Gasteiger partial charge >= 0.3 is 0 Å². The molecule has 1 aliphatic carbocycles. The van der Waals surface area contributed by atoms with Crippen molar-refractivity contribution < 1.29 is 4.79 Å². The number of halogens is 1. The molecular formula is C19H32IN5O. The van der Waals surface area contributed by atoms with Crippen LogP contribution in [0.15, 0.2) is 29.4 Å². The van der Waals surface area contributed by atoms with Gasteiger partial charge in [-0.25, -0.2) is 0 Å². The number of nitrogens with zero attached hydrogens (tertiary/aromatic N) is 2. The monoisotopic (exact) mass is 473 g/mol. The third-order valence-electron chi connectivity index (χ3n) is 4.56. The number of carbonyl (C=O) groups excluding carboxylic acids is 1. The van der Waals surface area contributed by atoms with Gasteiger partial charge in [-0.2, -0.15) is 0 Å². The van der Waals surface area contributed by atoms with Gasteiger partial charge in [0.2, 0.25) is 5.91 Å². The summed E-state index contributed by atoms with van der Waals surface area (Å²) in [4.78, 5) is 20.4. The van der Waals surface area contributed by atoms with Crippen LogP contribution in [0.3, 0.4) is 0 Å². The number of hydrogen-bond acceptors (Lipinski definition) is 3. The van der Waals surface area contributed by atoms with Crippen LogP contribution in [0.25, 0.3) is 0 Å². The predicted molar refractivity (Wildman–Crippen MR) is 117 cm³/mol. The molecule has 0 bridgehead atoms. The average Bonchev–Trinajstić information content (AvgIpc) is 2.65. The number of hydrogen-bond donors (Lipinski definition) is 3. The van der Waals surface area contributed by atoms with E-state index in [1.807, 2.05) is 18.2 Å². The maximum Gasteiger partial charge on any atom is 0.220 e. The van der Waals surface area contributed by atoms with Crippen LogP contribution >= 0.6 is 24.0 Å². The Morgan fingerprint density at radius 3 is 2.54 bits per heavy atom. The van der Waals surface area contributed by atoms with Crippen molar-refractivity contribution in [2.45, 2.75) is 44.9 Å². The molecule has 0 spiro atoms. The topological polar surface area (TPSA) is 78.4 Å². The fraction of sp³-hybridized carbons (Fsp3) is 0.632.